The number of urea groups is 1. The first-order valence-electron chi connectivity index (χ1n) is 6.61. The molecule has 1 fully saturated rings. The SMILES string of the molecule is CN(CC1CCOCC1)C(=O)Nc1ccc(Cl)cc1F. The molecule has 0 saturated carbocycles. The number of hydrogen-bond acceptors (Lipinski definition) is 2. The Morgan fingerprint density at radius 3 is 2.85 bits per heavy atom. The van der Waals surface area contributed by atoms with Gasteiger partial charge in [0.15, 0.2) is 0 Å². The van der Waals surface area contributed by atoms with Gasteiger partial charge in [-0.2, -0.15) is 0 Å². The highest BCUT2D eigenvalue weighted by Crippen LogP contribution is 2.20. The smallest absolute Gasteiger partial charge is 0.321 e. The van der Waals surface area contributed by atoms with Crippen LogP contribution in [0.15, 0.2) is 18.2 Å². The molecule has 0 aliphatic carbocycles. The van der Waals surface area contributed by atoms with Gasteiger partial charge in [-0.15, -0.1) is 0 Å². The standard InChI is InChI=1S/C14H18ClFN2O2/c1-18(9-10-4-6-20-7-5-10)14(19)17-13-3-2-11(15)8-12(13)16/h2-3,8,10H,4-7,9H2,1H3,(H,17,19). The van der Waals surface area contributed by atoms with Crippen LogP contribution in [-0.2, 0) is 4.74 Å². The maximum Gasteiger partial charge on any atom is 0.321 e. The Balaban J connectivity index is 1.89. The van der Waals surface area contributed by atoms with Gasteiger partial charge in [-0.3, -0.25) is 0 Å². The van der Waals surface area contributed by atoms with Crippen molar-refractivity contribution in [3.63, 3.8) is 0 Å². The average Bonchev–Trinajstić information content (AvgIpc) is 2.43. The van der Waals surface area contributed by atoms with E-state index in [4.69, 9.17) is 16.3 Å². The number of ether oxygens (including phenoxy) is 1. The van der Waals surface area contributed by atoms with E-state index in [1.807, 2.05) is 0 Å². The fourth-order valence-corrected chi connectivity index (χ4v) is 2.36. The van der Waals surface area contributed by atoms with Crippen molar-refractivity contribution >= 4 is 23.3 Å². The fraction of sp³-hybridized carbons (Fsp3) is 0.500. The molecule has 6 heteroatoms. The summed E-state index contributed by atoms with van der Waals surface area (Å²) < 4.78 is 18.9. The molecule has 1 saturated heterocycles. The second-order valence-electron chi connectivity index (χ2n) is 4.99. The molecule has 0 unspecified atom stereocenters. The van der Waals surface area contributed by atoms with Crippen LogP contribution in [0.4, 0.5) is 14.9 Å². The van der Waals surface area contributed by atoms with Gasteiger partial charge < -0.3 is 15.0 Å². The number of nitrogens with one attached hydrogen (secondary N) is 1. The average molecular weight is 301 g/mol. The Bertz CT molecular complexity index is 478. The lowest BCUT2D eigenvalue weighted by molar-refractivity contribution is 0.0592. The third-order valence-electron chi connectivity index (χ3n) is 3.39. The third-order valence-corrected chi connectivity index (χ3v) is 3.63. The van der Waals surface area contributed by atoms with Crippen LogP contribution in [0.25, 0.3) is 0 Å². The van der Waals surface area contributed by atoms with Gasteiger partial charge in [0.2, 0.25) is 0 Å². The van der Waals surface area contributed by atoms with E-state index >= 15 is 0 Å². The van der Waals surface area contributed by atoms with Crippen molar-refractivity contribution in [2.45, 2.75) is 12.8 Å². The van der Waals surface area contributed by atoms with Crippen molar-refractivity contribution < 1.29 is 13.9 Å². The minimum Gasteiger partial charge on any atom is -0.381 e. The van der Waals surface area contributed by atoms with Gasteiger partial charge in [-0.25, -0.2) is 9.18 Å². The zero-order chi connectivity index (χ0) is 14.5. The summed E-state index contributed by atoms with van der Waals surface area (Å²) in [6, 6.07) is 3.85. The van der Waals surface area contributed by atoms with Gasteiger partial charge in [0, 0.05) is 31.8 Å². The van der Waals surface area contributed by atoms with Crippen molar-refractivity contribution in [1.29, 1.82) is 0 Å². The van der Waals surface area contributed by atoms with Crippen LogP contribution in [0.2, 0.25) is 5.02 Å². The molecule has 1 aliphatic rings. The number of halogens is 2. The monoisotopic (exact) mass is 300 g/mol. The first kappa shape index (κ1) is 15.1. The predicted molar refractivity (Wildman–Crippen MR) is 76.6 cm³/mol. The number of nitrogens with zero attached hydrogens (tertiary/aromatic N) is 1. The van der Waals surface area contributed by atoms with Crippen molar-refractivity contribution in [1.82, 2.24) is 4.90 Å². The zero-order valence-electron chi connectivity index (χ0n) is 11.4. The van der Waals surface area contributed by atoms with E-state index in [0.29, 0.717) is 17.5 Å². The van der Waals surface area contributed by atoms with Crippen molar-refractivity contribution in [2.24, 2.45) is 5.92 Å². The molecule has 20 heavy (non-hydrogen) atoms. The van der Waals surface area contributed by atoms with Crippen molar-refractivity contribution in [2.75, 3.05) is 32.1 Å². The Morgan fingerprint density at radius 2 is 2.20 bits per heavy atom. The van der Waals surface area contributed by atoms with Crippen molar-refractivity contribution in [3.05, 3.63) is 29.0 Å². The second kappa shape index (κ2) is 6.90. The molecule has 2 amide bonds. The molecular weight excluding hydrogens is 283 g/mol. The first-order chi connectivity index (χ1) is 9.56. The summed E-state index contributed by atoms with van der Waals surface area (Å²) in [4.78, 5) is 13.6. The van der Waals surface area contributed by atoms with Crippen molar-refractivity contribution in [3.8, 4) is 0 Å². The molecule has 1 aliphatic heterocycles. The Kier molecular flexibility index (Phi) is 5.20. The van der Waals surface area contributed by atoms with Crippen LogP contribution < -0.4 is 5.32 Å². The van der Waals surface area contributed by atoms with E-state index < -0.39 is 5.82 Å². The van der Waals surface area contributed by atoms with E-state index in [1.165, 1.54) is 12.1 Å². The Labute approximate surface area is 122 Å². The number of carbonyl (C=O) groups is 1. The molecule has 1 aromatic carbocycles. The largest absolute Gasteiger partial charge is 0.381 e. The van der Waals surface area contributed by atoms with Gasteiger partial charge in [0.1, 0.15) is 5.82 Å². The number of anilines is 1. The van der Waals surface area contributed by atoms with E-state index in [-0.39, 0.29) is 11.7 Å². The predicted octanol–water partition coefficient (Wildman–Crippen LogP) is 3.37. The summed E-state index contributed by atoms with van der Waals surface area (Å²) >= 11 is 5.67. The summed E-state index contributed by atoms with van der Waals surface area (Å²) in [5.74, 6) is -0.0973. The molecule has 1 aromatic rings. The van der Waals surface area contributed by atoms with E-state index in [1.54, 1.807) is 18.0 Å². The lowest BCUT2D eigenvalue weighted by Crippen LogP contribution is -2.37. The lowest BCUT2D eigenvalue weighted by Gasteiger charge is -2.27. The van der Waals surface area contributed by atoms with Crippen LogP contribution in [-0.4, -0.2) is 37.7 Å². The highest BCUT2D eigenvalue weighted by atomic mass is 35.5. The number of benzene rings is 1. The highest BCUT2D eigenvalue weighted by Gasteiger charge is 2.19. The van der Waals surface area contributed by atoms with Gasteiger partial charge >= 0.3 is 6.03 Å². The van der Waals surface area contributed by atoms with Crippen LogP contribution in [0, 0.1) is 11.7 Å². The van der Waals surface area contributed by atoms with E-state index in [9.17, 15) is 9.18 Å². The number of rotatable bonds is 3. The Hall–Kier alpha value is -1.33. The van der Waals surface area contributed by atoms with Gasteiger partial charge in [-0.1, -0.05) is 11.6 Å². The molecule has 110 valence electrons. The summed E-state index contributed by atoms with van der Waals surface area (Å²) in [5, 5.41) is 2.85. The minimum atomic E-state index is -0.537. The number of carbonyl (C=O) groups excluding carboxylic acids is 1. The Morgan fingerprint density at radius 1 is 1.50 bits per heavy atom. The quantitative estimate of drug-likeness (QED) is 0.930. The van der Waals surface area contributed by atoms with Crippen LogP contribution in [0.1, 0.15) is 12.8 Å². The maximum absolute atomic E-state index is 13.6. The third kappa shape index (κ3) is 4.08. The molecule has 2 rings (SSSR count). The number of hydrogen-bond donors (Lipinski definition) is 1. The van der Waals surface area contributed by atoms with Gasteiger partial charge in [0.05, 0.1) is 5.69 Å². The van der Waals surface area contributed by atoms with Gasteiger partial charge in [0.25, 0.3) is 0 Å². The number of amides is 2. The molecule has 0 radical (unpaired) electrons. The normalized spacial score (nSPS) is 15.9. The molecule has 0 aromatic heterocycles. The molecule has 0 bridgehead atoms. The minimum absolute atomic E-state index is 0.137. The van der Waals surface area contributed by atoms with Crippen LogP contribution in [0.3, 0.4) is 0 Å². The molecule has 0 atom stereocenters. The molecule has 1 N–H and O–H groups in total. The van der Waals surface area contributed by atoms with Crippen LogP contribution in [0.5, 0.6) is 0 Å². The van der Waals surface area contributed by atoms with Gasteiger partial charge in [-0.05, 0) is 37.0 Å². The van der Waals surface area contributed by atoms with E-state index in [0.717, 1.165) is 26.1 Å². The van der Waals surface area contributed by atoms with Crippen LogP contribution >= 0.6 is 11.6 Å². The fourth-order valence-electron chi connectivity index (χ4n) is 2.20. The summed E-state index contributed by atoms with van der Waals surface area (Å²) in [7, 11) is 1.71. The molecule has 4 nitrogen and oxygen atoms in total. The summed E-state index contributed by atoms with van der Waals surface area (Å²) in [6.45, 7) is 2.13. The summed E-state index contributed by atoms with van der Waals surface area (Å²) in [5.41, 5.74) is 0.137. The molecule has 1 heterocycles. The maximum atomic E-state index is 13.6. The molecule has 0 spiro atoms. The molecular formula is C14H18ClFN2O2. The zero-order valence-corrected chi connectivity index (χ0v) is 12.1. The second-order valence-corrected chi connectivity index (χ2v) is 5.43. The topological polar surface area (TPSA) is 41.6 Å². The lowest BCUT2D eigenvalue weighted by atomic mass is 10.00. The van der Waals surface area contributed by atoms with E-state index in [2.05, 4.69) is 5.32 Å². The highest BCUT2D eigenvalue weighted by molar-refractivity contribution is 6.30. The summed E-state index contributed by atoms with van der Waals surface area (Å²) in [6.07, 6.45) is 1.90. The first-order valence-corrected chi connectivity index (χ1v) is 6.99.